The Morgan fingerprint density at radius 2 is 1.80 bits per heavy atom. The summed E-state index contributed by atoms with van der Waals surface area (Å²) >= 11 is 4.94. The standard InChI is InChI=1S/C14H17BrN2O2S/c1-9-8-11(20-12(9)15)14(19)17-6-4-16(5-7-17)13(18)10-2-3-10/h8,10H,2-7H2,1H3. The second-order valence-corrected chi connectivity index (χ2v) is 7.83. The minimum Gasteiger partial charge on any atom is -0.339 e. The lowest BCUT2D eigenvalue weighted by atomic mass is 10.2. The van der Waals surface area contributed by atoms with Gasteiger partial charge in [0.1, 0.15) is 0 Å². The molecule has 0 spiro atoms. The molecule has 1 aliphatic heterocycles. The van der Waals surface area contributed by atoms with Gasteiger partial charge < -0.3 is 9.80 Å². The molecule has 2 heterocycles. The van der Waals surface area contributed by atoms with Crippen molar-refractivity contribution in [3.05, 3.63) is 20.3 Å². The van der Waals surface area contributed by atoms with Gasteiger partial charge in [0.05, 0.1) is 8.66 Å². The van der Waals surface area contributed by atoms with Gasteiger partial charge in [0.2, 0.25) is 5.91 Å². The Kier molecular flexibility index (Phi) is 3.86. The van der Waals surface area contributed by atoms with Gasteiger partial charge in [-0.25, -0.2) is 0 Å². The summed E-state index contributed by atoms with van der Waals surface area (Å²) < 4.78 is 1.02. The van der Waals surface area contributed by atoms with Crippen LogP contribution in [0.2, 0.25) is 0 Å². The number of amides is 2. The van der Waals surface area contributed by atoms with E-state index in [1.807, 2.05) is 22.8 Å². The van der Waals surface area contributed by atoms with Crippen LogP contribution in [0.5, 0.6) is 0 Å². The number of hydrogen-bond acceptors (Lipinski definition) is 3. The summed E-state index contributed by atoms with van der Waals surface area (Å²) in [5, 5.41) is 0. The number of carbonyl (C=O) groups is 2. The zero-order chi connectivity index (χ0) is 14.3. The first-order valence-electron chi connectivity index (χ1n) is 6.90. The van der Waals surface area contributed by atoms with Crippen molar-refractivity contribution in [3.63, 3.8) is 0 Å². The zero-order valence-corrected chi connectivity index (χ0v) is 13.8. The monoisotopic (exact) mass is 356 g/mol. The van der Waals surface area contributed by atoms with Crippen LogP contribution >= 0.6 is 27.3 Å². The van der Waals surface area contributed by atoms with Gasteiger partial charge in [-0.15, -0.1) is 11.3 Å². The summed E-state index contributed by atoms with van der Waals surface area (Å²) in [7, 11) is 0. The van der Waals surface area contributed by atoms with E-state index in [1.165, 1.54) is 11.3 Å². The highest BCUT2D eigenvalue weighted by Crippen LogP contribution is 2.32. The fourth-order valence-corrected chi connectivity index (χ4v) is 3.94. The Hall–Kier alpha value is -0.880. The van der Waals surface area contributed by atoms with E-state index >= 15 is 0 Å². The molecule has 108 valence electrons. The summed E-state index contributed by atoms with van der Waals surface area (Å²) in [5.74, 6) is 0.641. The lowest BCUT2D eigenvalue weighted by molar-refractivity contribution is -0.134. The molecule has 0 radical (unpaired) electrons. The third-order valence-electron chi connectivity index (χ3n) is 3.87. The maximum Gasteiger partial charge on any atom is 0.264 e. The molecule has 20 heavy (non-hydrogen) atoms. The van der Waals surface area contributed by atoms with Gasteiger partial charge in [0, 0.05) is 32.1 Å². The molecule has 1 aromatic heterocycles. The highest BCUT2D eigenvalue weighted by Gasteiger charge is 2.35. The Labute approximate surface area is 130 Å². The van der Waals surface area contributed by atoms with Crippen LogP contribution in [0.3, 0.4) is 0 Å². The number of nitrogens with zero attached hydrogens (tertiary/aromatic N) is 2. The minimum atomic E-state index is 0.0855. The van der Waals surface area contributed by atoms with E-state index in [9.17, 15) is 9.59 Å². The minimum absolute atomic E-state index is 0.0855. The van der Waals surface area contributed by atoms with Gasteiger partial charge in [-0.05, 0) is 47.3 Å². The average molecular weight is 357 g/mol. The third-order valence-corrected chi connectivity index (χ3v) is 6.00. The lowest BCUT2D eigenvalue weighted by Crippen LogP contribution is -2.50. The molecule has 0 atom stereocenters. The van der Waals surface area contributed by atoms with Gasteiger partial charge in [0.15, 0.2) is 0 Å². The Morgan fingerprint density at radius 3 is 2.30 bits per heavy atom. The highest BCUT2D eigenvalue weighted by molar-refractivity contribution is 9.11. The molecular weight excluding hydrogens is 340 g/mol. The number of halogens is 1. The van der Waals surface area contributed by atoms with E-state index in [1.54, 1.807) is 0 Å². The molecule has 2 fully saturated rings. The van der Waals surface area contributed by atoms with Gasteiger partial charge in [-0.2, -0.15) is 0 Å². The third kappa shape index (κ3) is 2.76. The molecule has 1 saturated heterocycles. The molecule has 1 saturated carbocycles. The Morgan fingerprint density at radius 1 is 1.20 bits per heavy atom. The van der Waals surface area contributed by atoms with Crippen molar-refractivity contribution in [1.82, 2.24) is 9.80 Å². The van der Waals surface area contributed by atoms with Crippen molar-refractivity contribution in [2.45, 2.75) is 19.8 Å². The largest absolute Gasteiger partial charge is 0.339 e. The maximum absolute atomic E-state index is 12.4. The van der Waals surface area contributed by atoms with Gasteiger partial charge in [-0.1, -0.05) is 0 Å². The number of carbonyl (C=O) groups excluding carboxylic acids is 2. The molecule has 1 aromatic rings. The van der Waals surface area contributed by atoms with Crippen LogP contribution in [0.25, 0.3) is 0 Å². The zero-order valence-electron chi connectivity index (χ0n) is 11.4. The summed E-state index contributed by atoms with van der Waals surface area (Å²) in [5.41, 5.74) is 1.10. The lowest BCUT2D eigenvalue weighted by Gasteiger charge is -2.34. The van der Waals surface area contributed by atoms with E-state index < -0.39 is 0 Å². The summed E-state index contributed by atoms with van der Waals surface area (Å²) in [4.78, 5) is 28.9. The second-order valence-electron chi connectivity index (χ2n) is 5.46. The Bertz CT molecular complexity index is 526. The quantitative estimate of drug-likeness (QED) is 0.816. The number of hydrogen-bond donors (Lipinski definition) is 0. The van der Waals surface area contributed by atoms with Crippen LogP contribution in [0.4, 0.5) is 0 Å². The molecule has 0 bridgehead atoms. The molecule has 4 nitrogen and oxygen atoms in total. The van der Waals surface area contributed by atoms with Crippen molar-refractivity contribution in [3.8, 4) is 0 Å². The highest BCUT2D eigenvalue weighted by atomic mass is 79.9. The number of thiophene rings is 1. The average Bonchev–Trinajstić information content (AvgIpc) is 3.24. The van der Waals surface area contributed by atoms with E-state index in [-0.39, 0.29) is 17.7 Å². The van der Waals surface area contributed by atoms with Crippen LogP contribution in [0.15, 0.2) is 9.85 Å². The van der Waals surface area contributed by atoms with Crippen LogP contribution in [-0.2, 0) is 4.79 Å². The van der Waals surface area contributed by atoms with Gasteiger partial charge in [-0.3, -0.25) is 9.59 Å². The topological polar surface area (TPSA) is 40.6 Å². The number of aryl methyl sites for hydroxylation is 1. The van der Waals surface area contributed by atoms with Crippen LogP contribution in [-0.4, -0.2) is 47.8 Å². The van der Waals surface area contributed by atoms with E-state index in [4.69, 9.17) is 0 Å². The molecule has 3 rings (SSSR count). The van der Waals surface area contributed by atoms with Crippen molar-refractivity contribution < 1.29 is 9.59 Å². The summed E-state index contributed by atoms with van der Waals surface area (Å²) in [6.07, 6.45) is 2.08. The van der Waals surface area contributed by atoms with Crippen molar-refractivity contribution in [1.29, 1.82) is 0 Å². The van der Waals surface area contributed by atoms with E-state index in [0.717, 1.165) is 27.1 Å². The molecule has 6 heteroatoms. The van der Waals surface area contributed by atoms with E-state index in [2.05, 4.69) is 15.9 Å². The normalized spacial score (nSPS) is 19.3. The Balaban J connectivity index is 1.59. The molecular formula is C14H17BrN2O2S. The first kappa shape index (κ1) is 14.1. The maximum atomic E-state index is 12.4. The van der Waals surface area contributed by atoms with Crippen molar-refractivity contribution in [2.24, 2.45) is 5.92 Å². The number of rotatable bonds is 2. The van der Waals surface area contributed by atoms with Crippen LogP contribution < -0.4 is 0 Å². The first-order chi connectivity index (χ1) is 9.56. The molecule has 0 aromatic carbocycles. The summed E-state index contributed by atoms with van der Waals surface area (Å²) in [6.45, 7) is 4.63. The molecule has 2 aliphatic rings. The van der Waals surface area contributed by atoms with Crippen molar-refractivity contribution >= 4 is 39.1 Å². The second kappa shape index (κ2) is 5.48. The molecule has 1 aliphatic carbocycles. The smallest absolute Gasteiger partial charge is 0.264 e. The SMILES string of the molecule is Cc1cc(C(=O)N2CCN(C(=O)C3CC3)CC2)sc1Br. The predicted molar refractivity (Wildman–Crippen MR) is 82.0 cm³/mol. The number of piperazine rings is 1. The van der Waals surface area contributed by atoms with Crippen LogP contribution in [0, 0.1) is 12.8 Å². The molecule has 2 amide bonds. The molecule has 0 unspecified atom stereocenters. The van der Waals surface area contributed by atoms with E-state index in [0.29, 0.717) is 26.2 Å². The summed E-state index contributed by atoms with van der Waals surface area (Å²) in [6, 6.07) is 1.93. The predicted octanol–water partition coefficient (Wildman–Crippen LogP) is 2.51. The van der Waals surface area contributed by atoms with Crippen LogP contribution in [0.1, 0.15) is 28.1 Å². The van der Waals surface area contributed by atoms with Gasteiger partial charge >= 0.3 is 0 Å². The fraction of sp³-hybridized carbons (Fsp3) is 0.571. The fourth-order valence-electron chi connectivity index (χ4n) is 2.44. The van der Waals surface area contributed by atoms with Crippen molar-refractivity contribution in [2.75, 3.05) is 26.2 Å². The van der Waals surface area contributed by atoms with Gasteiger partial charge in [0.25, 0.3) is 5.91 Å². The first-order valence-corrected chi connectivity index (χ1v) is 8.51. The molecule has 0 N–H and O–H groups in total.